The first kappa shape index (κ1) is 18.7. The average Bonchev–Trinajstić information content (AvgIpc) is 2.60. The molecule has 2 aromatic carbocycles. The fraction of sp³-hybridized carbons (Fsp3) is 0.300. The van der Waals surface area contributed by atoms with Crippen molar-refractivity contribution in [2.75, 3.05) is 17.2 Å². The number of amides is 2. The SMILES string of the molecule is CCc1ccc(NC(=O)c2cccc(C)c2)cc1NC(=O)CCCN. The van der Waals surface area contributed by atoms with Crippen molar-refractivity contribution in [1.29, 1.82) is 0 Å². The van der Waals surface area contributed by atoms with Crippen molar-refractivity contribution in [2.45, 2.75) is 33.1 Å². The molecule has 0 aliphatic rings. The van der Waals surface area contributed by atoms with E-state index in [4.69, 9.17) is 5.73 Å². The van der Waals surface area contributed by atoms with Crippen molar-refractivity contribution < 1.29 is 9.59 Å². The zero-order valence-electron chi connectivity index (χ0n) is 14.8. The molecule has 0 unspecified atom stereocenters. The van der Waals surface area contributed by atoms with E-state index in [1.165, 1.54) is 0 Å². The number of aryl methyl sites for hydroxylation is 2. The van der Waals surface area contributed by atoms with Gasteiger partial charge in [0.25, 0.3) is 5.91 Å². The summed E-state index contributed by atoms with van der Waals surface area (Å²) in [4.78, 5) is 24.4. The molecule has 0 bridgehead atoms. The second-order valence-corrected chi connectivity index (χ2v) is 5.99. The van der Waals surface area contributed by atoms with Crippen LogP contribution in [0.3, 0.4) is 0 Å². The maximum absolute atomic E-state index is 12.4. The van der Waals surface area contributed by atoms with E-state index < -0.39 is 0 Å². The molecule has 0 spiro atoms. The Morgan fingerprint density at radius 1 is 1.08 bits per heavy atom. The van der Waals surface area contributed by atoms with Gasteiger partial charge in [-0.15, -0.1) is 0 Å². The van der Waals surface area contributed by atoms with E-state index in [1.54, 1.807) is 12.1 Å². The molecule has 5 nitrogen and oxygen atoms in total. The topological polar surface area (TPSA) is 84.2 Å². The second kappa shape index (κ2) is 8.99. The lowest BCUT2D eigenvalue weighted by Crippen LogP contribution is -2.16. The van der Waals surface area contributed by atoms with Crippen molar-refractivity contribution in [1.82, 2.24) is 0 Å². The number of carbonyl (C=O) groups excluding carboxylic acids is 2. The van der Waals surface area contributed by atoms with E-state index in [0.717, 1.165) is 23.2 Å². The van der Waals surface area contributed by atoms with Gasteiger partial charge in [-0.05, 0) is 56.1 Å². The summed E-state index contributed by atoms with van der Waals surface area (Å²) in [6.45, 7) is 4.46. The van der Waals surface area contributed by atoms with Gasteiger partial charge in [0.05, 0.1) is 0 Å². The number of anilines is 2. The summed E-state index contributed by atoms with van der Waals surface area (Å²) >= 11 is 0. The standard InChI is InChI=1S/C20H25N3O2/c1-3-15-9-10-17(13-18(15)23-19(24)8-5-11-21)22-20(25)16-7-4-6-14(2)12-16/h4,6-7,9-10,12-13H,3,5,8,11,21H2,1-2H3,(H,22,25)(H,23,24). The molecule has 0 atom stereocenters. The summed E-state index contributed by atoms with van der Waals surface area (Å²) in [5.41, 5.74) is 9.48. The summed E-state index contributed by atoms with van der Waals surface area (Å²) in [5, 5.41) is 5.80. The highest BCUT2D eigenvalue weighted by molar-refractivity contribution is 6.05. The van der Waals surface area contributed by atoms with Gasteiger partial charge in [0.2, 0.25) is 5.91 Å². The Labute approximate surface area is 148 Å². The Bertz CT molecular complexity index is 756. The normalized spacial score (nSPS) is 10.4. The van der Waals surface area contributed by atoms with Crippen molar-refractivity contribution in [3.05, 3.63) is 59.2 Å². The van der Waals surface area contributed by atoms with Crippen LogP contribution in [-0.2, 0) is 11.2 Å². The molecule has 25 heavy (non-hydrogen) atoms. The Balaban J connectivity index is 2.14. The average molecular weight is 339 g/mol. The van der Waals surface area contributed by atoms with Gasteiger partial charge in [-0.25, -0.2) is 0 Å². The molecule has 2 amide bonds. The van der Waals surface area contributed by atoms with Gasteiger partial charge >= 0.3 is 0 Å². The lowest BCUT2D eigenvalue weighted by atomic mass is 10.1. The van der Waals surface area contributed by atoms with Gasteiger partial charge in [-0.1, -0.05) is 30.7 Å². The van der Waals surface area contributed by atoms with Crippen molar-refractivity contribution in [3.63, 3.8) is 0 Å². The zero-order valence-corrected chi connectivity index (χ0v) is 14.8. The quantitative estimate of drug-likeness (QED) is 0.722. The first-order valence-electron chi connectivity index (χ1n) is 8.54. The predicted octanol–water partition coefficient (Wildman–Crippen LogP) is 3.49. The molecule has 4 N–H and O–H groups in total. The van der Waals surface area contributed by atoms with Crippen LogP contribution >= 0.6 is 0 Å². The molecule has 0 radical (unpaired) electrons. The summed E-state index contributed by atoms with van der Waals surface area (Å²) in [6, 6.07) is 13.0. The molecule has 2 aromatic rings. The lowest BCUT2D eigenvalue weighted by molar-refractivity contribution is -0.116. The molecule has 0 fully saturated rings. The van der Waals surface area contributed by atoms with Crippen LogP contribution in [-0.4, -0.2) is 18.4 Å². The maximum Gasteiger partial charge on any atom is 0.255 e. The van der Waals surface area contributed by atoms with Gasteiger partial charge in [-0.3, -0.25) is 9.59 Å². The van der Waals surface area contributed by atoms with Crippen LogP contribution in [0.2, 0.25) is 0 Å². The van der Waals surface area contributed by atoms with Gasteiger partial charge in [0, 0.05) is 23.4 Å². The smallest absolute Gasteiger partial charge is 0.255 e. The van der Waals surface area contributed by atoms with Crippen LogP contribution in [0.1, 0.15) is 41.3 Å². The molecule has 0 aliphatic heterocycles. The summed E-state index contributed by atoms with van der Waals surface area (Å²) in [5.74, 6) is -0.240. The van der Waals surface area contributed by atoms with E-state index in [9.17, 15) is 9.59 Å². The van der Waals surface area contributed by atoms with Gasteiger partial charge in [-0.2, -0.15) is 0 Å². The molecular weight excluding hydrogens is 314 g/mol. The second-order valence-electron chi connectivity index (χ2n) is 5.99. The summed E-state index contributed by atoms with van der Waals surface area (Å²) < 4.78 is 0. The number of carbonyl (C=O) groups is 2. The number of nitrogens with one attached hydrogen (secondary N) is 2. The van der Waals surface area contributed by atoms with Gasteiger partial charge in [0.1, 0.15) is 0 Å². The Hall–Kier alpha value is -2.66. The van der Waals surface area contributed by atoms with Crippen molar-refractivity contribution >= 4 is 23.2 Å². The van der Waals surface area contributed by atoms with E-state index in [2.05, 4.69) is 10.6 Å². The minimum Gasteiger partial charge on any atom is -0.330 e. The minimum absolute atomic E-state index is 0.0673. The number of nitrogens with two attached hydrogens (primary N) is 1. The highest BCUT2D eigenvalue weighted by atomic mass is 16.2. The third kappa shape index (κ3) is 5.43. The molecule has 2 rings (SSSR count). The molecule has 0 saturated carbocycles. The number of hydrogen-bond acceptors (Lipinski definition) is 3. The molecular formula is C20H25N3O2. The van der Waals surface area contributed by atoms with Crippen LogP contribution in [0.4, 0.5) is 11.4 Å². The number of benzene rings is 2. The maximum atomic E-state index is 12.4. The minimum atomic E-state index is -0.173. The Morgan fingerprint density at radius 3 is 2.56 bits per heavy atom. The largest absolute Gasteiger partial charge is 0.330 e. The Morgan fingerprint density at radius 2 is 1.88 bits per heavy atom. The van der Waals surface area contributed by atoms with Crippen molar-refractivity contribution in [2.24, 2.45) is 5.73 Å². The van der Waals surface area contributed by atoms with E-state index in [1.807, 2.05) is 44.2 Å². The van der Waals surface area contributed by atoms with Crippen LogP contribution < -0.4 is 16.4 Å². The third-order valence-corrected chi connectivity index (χ3v) is 3.91. The Kier molecular flexibility index (Phi) is 6.71. The molecule has 0 saturated heterocycles. The molecule has 5 heteroatoms. The van der Waals surface area contributed by atoms with Crippen LogP contribution in [0.15, 0.2) is 42.5 Å². The van der Waals surface area contributed by atoms with Gasteiger partial charge in [0.15, 0.2) is 0 Å². The highest BCUT2D eigenvalue weighted by Crippen LogP contribution is 2.22. The van der Waals surface area contributed by atoms with Gasteiger partial charge < -0.3 is 16.4 Å². The van der Waals surface area contributed by atoms with E-state index in [0.29, 0.717) is 30.6 Å². The fourth-order valence-electron chi connectivity index (χ4n) is 2.54. The first-order valence-corrected chi connectivity index (χ1v) is 8.54. The number of hydrogen-bond donors (Lipinski definition) is 3. The summed E-state index contributed by atoms with van der Waals surface area (Å²) in [7, 11) is 0. The van der Waals surface area contributed by atoms with Crippen LogP contribution in [0, 0.1) is 6.92 Å². The predicted molar refractivity (Wildman–Crippen MR) is 102 cm³/mol. The van der Waals surface area contributed by atoms with E-state index in [-0.39, 0.29) is 11.8 Å². The first-order chi connectivity index (χ1) is 12.0. The lowest BCUT2D eigenvalue weighted by Gasteiger charge is -2.13. The molecule has 0 aromatic heterocycles. The molecule has 132 valence electrons. The fourth-order valence-corrected chi connectivity index (χ4v) is 2.54. The zero-order chi connectivity index (χ0) is 18.2. The third-order valence-electron chi connectivity index (χ3n) is 3.91. The molecule has 0 heterocycles. The highest BCUT2D eigenvalue weighted by Gasteiger charge is 2.10. The van der Waals surface area contributed by atoms with E-state index >= 15 is 0 Å². The summed E-state index contributed by atoms with van der Waals surface area (Å²) in [6.07, 6.45) is 1.83. The van der Waals surface area contributed by atoms with Crippen molar-refractivity contribution in [3.8, 4) is 0 Å². The monoisotopic (exact) mass is 339 g/mol. The van der Waals surface area contributed by atoms with Crippen LogP contribution in [0.25, 0.3) is 0 Å². The van der Waals surface area contributed by atoms with Crippen LogP contribution in [0.5, 0.6) is 0 Å². The molecule has 0 aliphatic carbocycles. The number of rotatable bonds is 7.